The summed E-state index contributed by atoms with van der Waals surface area (Å²) in [4.78, 5) is 35.8. The highest BCUT2D eigenvalue weighted by atomic mass is 32.1. The molecule has 6 aromatic heterocycles. The van der Waals surface area contributed by atoms with Gasteiger partial charge in [0.1, 0.15) is 0 Å². The molecule has 0 bridgehead atoms. The Labute approximate surface area is 582 Å². The standard InChI is InChI=1S/C55H33N5S.C34H29BN2O2/c1-3-12-35(13-4-1)46-32-31-45-48(56-46)33-30-43-41-16-7-9-20-47(41)57-51(50(43)45)36-24-28-39(29-25-36)55-59-53(37-14-5-2-6-15-37)58-54(60-55)38-26-22-34(23-27-38)40-18-11-19-44-42-17-8-10-21-49(42)61-52(40)44;1-33(2)34(3,4)39-35(38-33)24-16-14-23(15-17-24)32-31-26(25-12-8-9-13-29(25)37-32)18-21-30-27(31)19-20-28(36-30)22-10-6-5-7-11-22/h1-33H;5-21H,1-4H3. The van der Waals surface area contributed by atoms with Crippen LogP contribution in [0.4, 0.5) is 0 Å². The van der Waals surface area contributed by atoms with E-state index in [2.05, 4.69) is 252 Å². The SMILES string of the molecule is CC1(C)OB(c2ccc(-c3nc4ccccc4c4ccc5nc(-c6ccccc6)ccc5c34)cc2)OC1(C)C.c1ccc(-c2ccc3c(ccc4c5ccccc5nc(-c5ccc(-c6nc(-c7ccccc7)nc(-c7ccc(-c8cccc9c8sc8ccccc89)cc7)n6)cc5)c34)n2)cc1. The van der Waals surface area contributed by atoms with Crippen molar-refractivity contribution in [2.45, 2.75) is 38.9 Å². The maximum Gasteiger partial charge on any atom is 0.494 e. The third-order valence-electron chi connectivity index (χ3n) is 19.9. The number of nitrogens with zero attached hydrogens (tertiary/aromatic N) is 7. The van der Waals surface area contributed by atoms with Crippen molar-refractivity contribution in [1.82, 2.24) is 34.9 Å². The molecule has 0 unspecified atom stereocenters. The highest BCUT2D eigenvalue weighted by Gasteiger charge is 2.51. The Morgan fingerprint density at radius 1 is 0.270 bits per heavy atom. The van der Waals surface area contributed by atoms with Gasteiger partial charge in [0.2, 0.25) is 0 Å². The van der Waals surface area contributed by atoms with E-state index in [0.29, 0.717) is 17.5 Å². The van der Waals surface area contributed by atoms with Crippen molar-refractivity contribution in [2.75, 3.05) is 0 Å². The van der Waals surface area contributed by atoms with E-state index >= 15 is 0 Å². The van der Waals surface area contributed by atoms with Gasteiger partial charge in [-0.3, -0.25) is 0 Å². The van der Waals surface area contributed by atoms with Gasteiger partial charge in [0.15, 0.2) is 17.5 Å². The number of thiophene rings is 1. The number of rotatable bonds is 9. The fraction of sp³-hybridized carbons (Fsp3) is 0.0674. The third kappa shape index (κ3) is 10.8. The quantitative estimate of drug-likeness (QED) is 0.103. The van der Waals surface area contributed by atoms with Crippen molar-refractivity contribution in [1.29, 1.82) is 0 Å². The lowest BCUT2D eigenvalue weighted by Crippen LogP contribution is -2.41. The zero-order chi connectivity index (χ0) is 67.1. The van der Waals surface area contributed by atoms with Gasteiger partial charge in [0.05, 0.1) is 56.0 Å². The van der Waals surface area contributed by atoms with E-state index in [-0.39, 0.29) is 11.2 Å². The highest BCUT2D eigenvalue weighted by molar-refractivity contribution is 7.26. The molecule has 19 rings (SSSR count). The fourth-order valence-electron chi connectivity index (χ4n) is 14.0. The van der Waals surface area contributed by atoms with Gasteiger partial charge in [-0.2, -0.15) is 0 Å². The summed E-state index contributed by atoms with van der Waals surface area (Å²) in [5.74, 6) is 1.85. The molecule has 474 valence electrons. The van der Waals surface area contributed by atoms with Crippen molar-refractivity contribution in [3.05, 3.63) is 303 Å². The van der Waals surface area contributed by atoms with E-state index in [1.165, 1.54) is 31.1 Å². The highest BCUT2D eigenvalue weighted by Crippen LogP contribution is 2.44. The van der Waals surface area contributed by atoms with Crippen LogP contribution in [0.15, 0.2) is 303 Å². The summed E-state index contributed by atoms with van der Waals surface area (Å²) in [5.41, 5.74) is 17.2. The molecule has 0 atom stereocenters. The van der Waals surface area contributed by atoms with Crippen LogP contribution in [-0.2, 0) is 9.31 Å². The molecule has 0 saturated carbocycles. The Balaban J connectivity index is 0.000000159. The molecule has 100 heavy (non-hydrogen) atoms. The van der Waals surface area contributed by atoms with E-state index in [1.807, 2.05) is 90.2 Å². The molecule has 0 radical (unpaired) electrons. The van der Waals surface area contributed by atoms with Gasteiger partial charge in [0, 0.05) is 91.4 Å². The van der Waals surface area contributed by atoms with Crippen molar-refractivity contribution in [3.63, 3.8) is 0 Å². The van der Waals surface area contributed by atoms with Crippen molar-refractivity contribution < 1.29 is 9.31 Å². The zero-order valence-electron chi connectivity index (χ0n) is 55.3. The summed E-state index contributed by atoms with van der Waals surface area (Å²) in [5, 5.41) is 11.5. The molecule has 0 N–H and O–H groups in total. The largest absolute Gasteiger partial charge is 0.494 e. The summed E-state index contributed by atoms with van der Waals surface area (Å²) in [6.45, 7) is 8.31. The number of pyridine rings is 4. The van der Waals surface area contributed by atoms with Gasteiger partial charge < -0.3 is 9.31 Å². The summed E-state index contributed by atoms with van der Waals surface area (Å²) in [7, 11) is -0.396. The van der Waals surface area contributed by atoms with Crippen LogP contribution in [0.25, 0.3) is 176 Å². The molecule has 18 aromatic rings. The predicted molar refractivity (Wildman–Crippen MR) is 415 cm³/mol. The van der Waals surface area contributed by atoms with E-state index in [4.69, 9.17) is 44.2 Å². The van der Waals surface area contributed by atoms with Gasteiger partial charge in [-0.1, -0.05) is 249 Å². The average Bonchev–Trinajstić information content (AvgIpc) is 1.04. The summed E-state index contributed by atoms with van der Waals surface area (Å²) in [6.07, 6.45) is 0. The normalized spacial score (nSPS) is 13.5. The van der Waals surface area contributed by atoms with Crippen LogP contribution in [0.2, 0.25) is 0 Å². The summed E-state index contributed by atoms with van der Waals surface area (Å²) < 4.78 is 15.2. The van der Waals surface area contributed by atoms with Crippen LogP contribution in [0.3, 0.4) is 0 Å². The molecule has 12 aromatic carbocycles. The Hall–Kier alpha value is -12.0. The minimum absolute atomic E-state index is 0.378. The van der Waals surface area contributed by atoms with Crippen LogP contribution < -0.4 is 5.46 Å². The lowest BCUT2D eigenvalue weighted by Gasteiger charge is -2.32. The van der Waals surface area contributed by atoms with Gasteiger partial charge in [-0.15, -0.1) is 11.3 Å². The Morgan fingerprint density at radius 3 is 1.15 bits per heavy atom. The number of aromatic nitrogens is 7. The molecule has 11 heteroatoms. The first-order valence-electron chi connectivity index (χ1n) is 33.8. The molecular formula is C89H62BN7O2S. The molecule has 0 amide bonds. The van der Waals surface area contributed by atoms with Crippen LogP contribution >= 0.6 is 11.3 Å². The maximum atomic E-state index is 6.28. The predicted octanol–water partition coefficient (Wildman–Crippen LogP) is 22.1. The van der Waals surface area contributed by atoms with Gasteiger partial charge >= 0.3 is 7.12 Å². The number of benzene rings is 12. The Bertz CT molecular complexity index is 6200. The van der Waals surface area contributed by atoms with E-state index < -0.39 is 7.12 Å². The van der Waals surface area contributed by atoms with Gasteiger partial charge in [-0.25, -0.2) is 34.9 Å². The lowest BCUT2D eigenvalue weighted by molar-refractivity contribution is 0.00578. The van der Waals surface area contributed by atoms with E-state index in [1.54, 1.807) is 0 Å². The molecule has 1 fully saturated rings. The number of para-hydroxylation sites is 2. The molecule has 9 nitrogen and oxygen atoms in total. The summed E-state index contributed by atoms with van der Waals surface area (Å²) in [6, 6.07) is 105. The van der Waals surface area contributed by atoms with Crippen LogP contribution in [0, 0.1) is 0 Å². The minimum atomic E-state index is -0.396. The van der Waals surface area contributed by atoms with Crippen LogP contribution in [0.1, 0.15) is 27.7 Å². The second-order valence-electron chi connectivity index (χ2n) is 26.5. The first kappa shape index (κ1) is 60.4. The number of fused-ring (bicyclic) bond motifs is 13. The maximum absolute atomic E-state index is 6.28. The monoisotopic (exact) mass is 1300 g/mol. The zero-order valence-corrected chi connectivity index (χ0v) is 56.1. The van der Waals surface area contributed by atoms with E-state index in [0.717, 1.165) is 133 Å². The molecule has 1 saturated heterocycles. The van der Waals surface area contributed by atoms with Gasteiger partial charge in [-0.05, 0) is 110 Å². The van der Waals surface area contributed by atoms with E-state index in [9.17, 15) is 0 Å². The second-order valence-corrected chi connectivity index (χ2v) is 27.6. The average molecular weight is 1300 g/mol. The van der Waals surface area contributed by atoms with Crippen molar-refractivity contribution in [2.24, 2.45) is 0 Å². The number of hydrogen-bond acceptors (Lipinski definition) is 10. The Morgan fingerprint density at radius 2 is 0.650 bits per heavy atom. The lowest BCUT2D eigenvalue weighted by atomic mass is 9.78. The molecule has 1 aliphatic rings. The first-order chi connectivity index (χ1) is 49.0. The second kappa shape index (κ2) is 24.5. The topological polar surface area (TPSA) is 109 Å². The molecule has 0 aliphatic carbocycles. The van der Waals surface area contributed by atoms with Crippen molar-refractivity contribution >= 4 is 109 Å². The number of hydrogen-bond donors (Lipinski definition) is 0. The minimum Gasteiger partial charge on any atom is -0.399 e. The molecule has 0 spiro atoms. The third-order valence-corrected chi connectivity index (χ3v) is 21.1. The van der Waals surface area contributed by atoms with Crippen LogP contribution in [0.5, 0.6) is 0 Å². The molecule has 7 heterocycles. The molecule has 1 aliphatic heterocycles. The Kier molecular flexibility index (Phi) is 14.8. The van der Waals surface area contributed by atoms with Crippen molar-refractivity contribution in [3.8, 4) is 90.3 Å². The van der Waals surface area contributed by atoms with Gasteiger partial charge in [0.25, 0.3) is 0 Å². The summed E-state index contributed by atoms with van der Waals surface area (Å²) >= 11 is 1.84. The molecular weight excluding hydrogens is 1240 g/mol. The first-order valence-corrected chi connectivity index (χ1v) is 34.6. The smallest absolute Gasteiger partial charge is 0.399 e. The van der Waals surface area contributed by atoms with Crippen LogP contribution in [-0.4, -0.2) is 53.2 Å². The fourth-order valence-corrected chi connectivity index (χ4v) is 15.2.